The van der Waals surface area contributed by atoms with E-state index in [0.717, 1.165) is 169 Å². The van der Waals surface area contributed by atoms with Crippen molar-refractivity contribution in [3.05, 3.63) is 393 Å². The molecule has 710 valence electrons. The van der Waals surface area contributed by atoms with Crippen LogP contribution in [-0.4, -0.2) is 174 Å². The molecule has 0 aliphatic carbocycles. The average molecular weight is 1870 g/mol. The Morgan fingerprint density at radius 1 is 0.355 bits per heavy atom. The lowest BCUT2D eigenvalue weighted by Crippen LogP contribution is -2.43. The van der Waals surface area contributed by atoms with E-state index in [-0.39, 0.29) is 52.9 Å². The van der Waals surface area contributed by atoms with E-state index in [1.165, 1.54) is 97.5 Å². The number of amides is 5. The van der Waals surface area contributed by atoms with E-state index in [2.05, 4.69) is 132 Å². The molecular weight excluding hydrogens is 1750 g/mol. The van der Waals surface area contributed by atoms with Crippen LogP contribution in [-0.2, 0) is 50.6 Å². The quantitative estimate of drug-likeness (QED) is 0.0668. The van der Waals surface area contributed by atoms with Gasteiger partial charge < -0.3 is 57.9 Å². The summed E-state index contributed by atoms with van der Waals surface area (Å²) in [6.45, 7) is 18.4. The van der Waals surface area contributed by atoms with Crippen molar-refractivity contribution < 1.29 is 37.1 Å². The summed E-state index contributed by atoms with van der Waals surface area (Å²) in [7, 11) is 2.18. The Labute approximate surface area is 813 Å². The number of para-hydroxylation sites is 4. The topological polar surface area (TPSA) is 140 Å². The maximum atomic E-state index is 13.7. The number of carbonyl (C=O) groups excluding carboxylic acids is 5. The van der Waals surface area contributed by atoms with Gasteiger partial charge in [0.2, 0.25) is 5.91 Å². The lowest BCUT2D eigenvalue weighted by Gasteiger charge is -2.36. The minimum atomic E-state index is -0.252. The van der Waals surface area contributed by atoms with E-state index in [1.807, 2.05) is 170 Å². The van der Waals surface area contributed by atoms with Crippen LogP contribution in [0.4, 0.5) is 13.2 Å². The highest BCUT2D eigenvalue weighted by Gasteiger charge is 2.36. The van der Waals surface area contributed by atoms with Gasteiger partial charge in [-0.1, -0.05) is 224 Å². The van der Waals surface area contributed by atoms with Gasteiger partial charge in [0.25, 0.3) is 23.6 Å². The molecule has 0 saturated carbocycles. The van der Waals surface area contributed by atoms with Crippen LogP contribution in [0.2, 0.25) is 5.02 Å². The number of rotatable bonds is 23. The molecule has 0 spiro atoms. The average Bonchev–Trinajstić information content (AvgIpc) is 1.64. The predicted molar refractivity (Wildman–Crippen MR) is 546 cm³/mol. The number of piperidine rings is 5. The van der Waals surface area contributed by atoms with Gasteiger partial charge in [0.15, 0.2) is 0 Å². The van der Waals surface area contributed by atoms with Gasteiger partial charge in [-0.3, -0.25) is 24.0 Å². The fraction of sp³-hybridized carbons (Fsp3) is 0.325. The molecule has 1 atom stereocenters. The summed E-state index contributed by atoms with van der Waals surface area (Å²) < 4.78 is 48.5. The van der Waals surface area contributed by atoms with E-state index >= 15 is 0 Å². The molecule has 5 amide bonds. The van der Waals surface area contributed by atoms with Gasteiger partial charge in [0, 0.05) is 172 Å². The second-order valence-electron chi connectivity index (χ2n) is 38.5. The van der Waals surface area contributed by atoms with E-state index in [9.17, 15) is 37.1 Å². The Balaban J connectivity index is 0.000000122. The fourth-order valence-electron chi connectivity index (χ4n) is 21.1. The smallest absolute Gasteiger partial charge is 0.270 e. The second kappa shape index (κ2) is 45.0. The predicted octanol–water partition coefficient (Wildman–Crippen LogP) is 22.7. The monoisotopic (exact) mass is 1870 g/mol. The number of hydrogen-bond acceptors (Lipinski definition) is 8. The molecule has 0 bridgehead atoms. The zero-order valence-electron chi connectivity index (χ0n) is 79.1. The van der Waals surface area contributed by atoms with Crippen molar-refractivity contribution in [2.45, 2.75) is 129 Å². The van der Waals surface area contributed by atoms with E-state index in [0.29, 0.717) is 111 Å². The highest BCUT2D eigenvalue weighted by molar-refractivity contribution is 6.30. The summed E-state index contributed by atoms with van der Waals surface area (Å²) in [5.41, 5.74) is 16.1. The molecule has 21 rings (SSSR count). The number of nitrogens with zero attached hydrogens (tertiary/aromatic N) is 11. The molecule has 0 radical (unpaired) electrons. The third-order valence-corrected chi connectivity index (χ3v) is 29.2. The van der Waals surface area contributed by atoms with Gasteiger partial charge in [-0.05, 0) is 257 Å². The van der Waals surface area contributed by atoms with E-state index in [1.54, 1.807) is 36.4 Å². The summed E-state index contributed by atoms with van der Waals surface area (Å²) in [4.78, 5) is 82.7. The Morgan fingerprint density at radius 3 is 1.07 bits per heavy atom. The molecule has 0 unspecified atom stereocenters. The van der Waals surface area contributed by atoms with Crippen LogP contribution in [0.1, 0.15) is 170 Å². The maximum absolute atomic E-state index is 13.7. The Kier molecular flexibility index (Phi) is 31.1. The first kappa shape index (κ1) is 95.2. The van der Waals surface area contributed by atoms with Crippen LogP contribution in [0, 0.1) is 41.1 Å². The zero-order valence-corrected chi connectivity index (χ0v) is 79.9. The molecule has 17 nitrogen and oxygen atoms in total. The standard InChI is InChI=1S/C30H28ClN3O2.2C30H32FN3O.C27H32FN3O/c31-26-11-9-21(10-12-26)18-34-27-8-4-3-5-23(27)17-28(34)30(36)32-15-13-22(14-16-32)29(35)33-19-24-6-1-2-7-25(24)20-33;1-32(20-23-7-3-2-4-8-23)21-25-15-17-33(18-16-25)30(35)29-19-26-9-5-6-10-28(26)34(29)22-24-11-13-27(31)14-12-24;1-22(25-7-3-2-4-8-25)32-20-23-15-17-33(18-16-23)30(35)29-19-26-9-5-6-10-28(26)34(29)21-24-11-13-27(31)14-12-24;28-24-10-8-21(9-11-24)20-31-25-7-3-2-6-23(25)18-26(31)27(32)30-16-12-22(13-17-30)19-29-14-4-1-5-15-29/h1-12,17,22H,13-16,18-20H2;2-14,19,25H,15-18,20-22H2,1H3;2-14,19,22-23,32H,15-18,20-21H2,1H3;2-3,6-11,18,22H,1,4-5,12-17,19-20H2/t;;22-;/m..0./s1. The molecule has 1 N–H and O–H groups in total. The largest absolute Gasteiger partial charge is 0.337 e. The number of benzene rings is 11. The Bertz CT molecular complexity index is 6620. The van der Waals surface area contributed by atoms with Crippen LogP contribution >= 0.6 is 11.6 Å². The molecule has 5 saturated heterocycles. The maximum Gasteiger partial charge on any atom is 0.270 e. The summed E-state index contributed by atoms with van der Waals surface area (Å²) >= 11 is 6.08. The third-order valence-electron chi connectivity index (χ3n) is 29.0. The number of nitrogens with one attached hydrogen (secondary N) is 1. The highest BCUT2D eigenvalue weighted by atomic mass is 35.5. The minimum absolute atomic E-state index is 0.0247. The number of fused-ring (bicyclic) bond motifs is 5. The van der Waals surface area contributed by atoms with Crippen molar-refractivity contribution in [3.8, 4) is 0 Å². The van der Waals surface area contributed by atoms with Crippen molar-refractivity contribution in [2.24, 2.45) is 23.7 Å². The van der Waals surface area contributed by atoms with Gasteiger partial charge in [-0.2, -0.15) is 0 Å². The number of halogens is 4. The molecular formula is C117H124ClF3N12O5. The number of aromatic nitrogens is 4. The SMILES string of the molecule is CN(Cc1ccccc1)CC1CCN(C(=O)c2cc3ccccc3n2Cc2ccc(F)cc2)CC1.C[C@H](NCC1CCN(C(=O)c2cc3ccccc3n2Cc2ccc(F)cc2)CC1)c1ccccc1.O=C(c1cc2ccccc2n1Cc1ccc(Cl)cc1)N1CCC(C(=O)N2Cc3ccccc3C2)CC1.O=C(c1cc2ccccc2n1Cc1ccc(F)cc1)N1CCC(CN2CCCCC2)CC1. The summed E-state index contributed by atoms with van der Waals surface area (Å²) in [5.74, 6) is 1.60. The summed E-state index contributed by atoms with van der Waals surface area (Å²) in [6.07, 6.45) is 11.6. The Morgan fingerprint density at radius 2 is 0.681 bits per heavy atom. The normalized spacial score (nSPS) is 16.0. The lowest BCUT2D eigenvalue weighted by atomic mass is 9.95. The first-order chi connectivity index (χ1) is 67.4. The molecule has 21 heteroatoms. The Hall–Kier alpha value is -13.1. The molecule has 10 heterocycles. The van der Waals surface area contributed by atoms with Crippen LogP contribution in [0.25, 0.3) is 43.6 Å². The second-order valence-corrected chi connectivity index (χ2v) is 39.0. The van der Waals surface area contributed by atoms with Crippen LogP contribution in [0.15, 0.2) is 303 Å². The molecule has 11 aromatic carbocycles. The number of likely N-dealkylation sites (tertiary alicyclic amines) is 5. The van der Waals surface area contributed by atoms with Crippen molar-refractivity contribution in [2.75, 3.05) is 92.1 Å². The fourth-order valence-corrected chi connectivity index (χ4v) is 21.3. The highest BCUT2D eigenvalue weighted by Crippen LogP contribution is 2.35. The molecule has 5 fully saturated rings. The number of hydrogen-bond donors (Lipinski definition) is 1. The first-order valence-electron chi connectivity index (χ1n) is 49.5. The molecule has 138 heavy (non-hydrogen) atoms. The van der Waals surface area contributed by atoms with E-state index in [4.69, 9.17) is 11.6 Å². The van der Waals surface area contributed by atoms with Gasteiger partial charge in [-0.25, -0.2) is 13.2 Å². The van der Waals surface area contributed by atoms with Crippen molar-refractivity contribution >= 4 is 84.7 Å². The molecule has 15 aromatic rings. The summed E-state index contributed by atoms with van der Waals surface area (Å²) in [6, 6.07) is 97.4. The van der Waals surface area contributed by atoms with Crippen LogP contribution < -0.4 is 5.32 Å². The van der Waals surface area contributed by atoms with Gasteiger partial charge in [-0.15, -0.1) is 0 Å². The first-order valence-corrected chi connectivity index (χ1v) is 49.8. The molecule has 4 aromatic heterocycles. The van der Waals surface area contributed by atoms with Crippen molar-refractivity contribution in [3.63, 3.8) is 0 Å². The van der Waals surface area contributed by atoms with Crippen molar-refractivity contribution in [1.29, 1.82) is 0 Å². The van der Waals surface area contributed by atoms with E-state index < -0.39 is 0 Å². The van der Waals surface area contributed by atoms with Gasteiger partial charge in [0.1, 0.15) is 40.2 Å². The number of carbonyl (C=O) groups is 5. The van der Waals surface area contributed by atoms with Crippen LogP contribution in [0.5, 0.6) is 0 Å². The van der Waals surface area contributed by atoms with Crippen LogP contribution in [0.3, 0.4) is 0 Å². The van der Waals surface area contributed by atoms with Crippen molar-refractivity contribution in [1.82, 2.24) is 57.9 Å². The van der Waals surface area contributed by atoms with Gasteiger partial charge in [0.05, 0.1) is 0 Å². The lowest BCUT2D eigenvalue weighted by molar-refractivity contribution is -0.137. The molecule has 6 aliphatic rings. The van der Waals surface area contributed by atoms with Gasteiger partial charge >= 0.3 is 0 Å². The molecule has 6 aliphatic heterocycles. The zero-order chi connectivity index (χ0) is 95.0. The minimum Gasteiger partial charge on any atom is -0.337 e. The summed E-state index contributed by atoms with van der Waals surface area (Å²) in [5, 5.41) is 8.58. The third kappa shape index (κ3) is 23.5.